The Morgan fingerprint density at radius 3 is 2.69 bits per heavy atom. The van der Waals surface area contributed by atoms with Gasteiger partial charge in [-0.25, -0.2) is 0 Å². The maximum Gasteiger partial charge on any atom is 0.310 e. The van der Waals surface area contributed by atoms with Gasteiger partial charge in [-0.1, -0.05) is 20.8 Å². The zero-order chi connectivity index (χ0) is 18.9. The number of likely N-dealkylation sites (tertiary alicyclic amines) is 1. The number of β-amino-alcohol motifs (C(OH)–C–C–N with tert-alkyl or cyclic N) is 1. The highest BCUT2D eigenvalue weighted by molar-refractivity contribution is 5.72. The molecule has 0 amide bonds. The van der Waals surface area contributed by atoms with Crippen LogP contribution in [-0.2, 0) is 14.3 Å². The van der Waals surface area contributed by atoms with E-state index in [1.165, 1.54) is 12.8 Å². The lowest BCUT2D eigenvalue weighted by Crippen LogP contribution is -2.45. The third-order valence-electron chi connectivity index (χ3n) is 7.80. The maximum absolute atomic E-state index is 12.0. The van der Waals surface area contributed by atoms with Crippen LogP contribution in [0.5, 0.6) is 0 Å². The van der Waals surface area contributed by atoms with Gasteiger partial charge in [0.25, 0.3) is 0 Å². The molecule has 0 spiro atoms. The van der Waals surface area contributed by atoms with Gasteiger partial charge in [-0.15, -0.1) is 0 Å². The molecule has 0 aromatic carbocycles. The monoisotopic (exact) mass is 367 g/mol. The van der Waals surface area contributed by atoms with Crippen molar-refractivity contribution in [3.8, 4) is 0 Å². The summed E-state index contributed by atoms with van der Waals surface area (Å²) < 4.78 is 11.4. The van der Waals surface area contributed by atoms with Crippen molar-refractivity contribution < 1.29 is 19.4 Å². The zero-order valence-electron chi connectivity index (χ0n) is 17.0. The van der Waals surface area contributed by atoms with Crippen LogP contribution in [0.1, 0.15) is 59.8 Å². The molecule has 2 aliphatic carbocycles. The van der Waals surface area contributed by atoms with Crippen molar-refractivity contribution in [2.75, 3.05) is 32.8 Å². The minimum Gasteiger partial charge on any atom is -0.466 e. The van der Waals surface area contributed by atoms with E-state index in [0.29, 0.717) is 31.7 Å². The van der Waals surface area contributed by atoms with E-state index in [4.69, 9.17) is 9.47 Å². The van der Waals surface area contributed by atoms with Gasteiger partial charge >= 0.3 is 5.97 Å². The van der Waals surface area contributed by atoms with E-state index in [1.54, 1.807) is 0 Å². The molecule has 150 valence electrons. The Morgan fingerprint density at radius 1 is 1.31 bits per heavy atom. The summed E-state index contributed by atoms with van der Waals surface area (Å²) in [5, 5.41) is 10.5. The number of nitrogens with zero attached hydrogens (tertiary/aromatic N) is 1. The lowest BCUT2D eigenvalue weighted by atomic mass is 9.70. The fourth-order valence-electron chi connectivity index (χ4n) is 5.63. The normalized spacial score (nSPS) is 37.7. The van der Waals surface area contributed by atoms with Crippen molar-refractivity contribution in [3.05, 3.63) is 0 Å². The maximum atomic E-state index is 12.0. The average molecular weight is 368 g/mol. The molecule has 1 saturated heterocycles. The van der Waals surface area contributed by atoms with Crippen molar-refractivity contribution in [1.82, 2.24) is 4.90 Å². The number of aliphatic hydroxyl groups is 1. The summed E-state index contributed by atoms with van der Waals surface area (Å²) in [6, 6.07) is 0. The number of esters is 1. The molecule has 2 saturated carbocycles. The Balaban J connectivity index is 1.45. The standard InChI is InChI=1S/C21H37NO4/c1-5-25-19(24)15-7-6-10-22(12-15)13-17(23)14-26-18-11-16-8-9-21(18,4)20(16,2)3/h15-18,23H,5-14H2,1-4H3/t15-,16-,17-,18+,21-/m1/s1. The van der Waals surface area contributed by atoms with Crippen LogP contribution in [-0.4, -0.2) is 61.0 Å². The van der Waals surface area contributed by atoms with Crippen molar-refractivity contribution in [1.29, 1.82) is 0 Å². The number of rotatable bonds is 7. The Labute approximate surface area is 158 Å². The van der Waals surface area contributed by atoms with Crippen LogP contribution < -0.4 is 0 Å². The topological polar surface area (TPSA) is 59.0 Å². The highest BCUT2D eigenvalue weighted by Crippen LogP contribution is 2.66. The fraction of sp³-hybridized carbons (Fsp3) is 0.952. The summed E-state index contributed by atoms with van der Waals surface area (Å²) in [5.74, 6) is 0.601. The Hall–Kier alpha value is -0.650. The third kappa shape index (κ3) is 3.67. The minimum atomic E-state index is -0.498. The molecule has 0 unspecified atom stereocenters. The Bertz CT molecular complexity index is 508. The van der Waals surface area contributed by atoms with Gasteiger partial charge in [-0.2, -0.15) is 0 Å². The van der Waals surface area contributed by atoms with Crippen LogP contribution in [0.2, 0.25) is 0 Å². The number of carbonyl (C=O) groups excluding carboxylic acids is 1. The highest BCUT2D eigenvalue weighted by Gasteiger charge is 2.61. The second kappa shape index (κ2) is 7.76. The summed E-state index contributed by atoms with van der Waals surface area (Å²) in [7, 11) is 0. The number of hydrogen-bond donors (Lipinski definition) is 1. The van der Waals surface area contributed by atoms with E-state index in [0.717, 1.165) is 31.7 Å². The first kappa shape index (κ1) is 20.1. The predicted molar refractivity (Wildman–Crippen MR) is 101 cm³/mol. The average Bonchev–Trinajstić information content (AvgIpc) is 2.93. The first-order valence-corrected chi connectivity index (χ1v) is 10.5. The van der Waals surface area contributed by atoms with E-state index >= 15 is 0 Å². The number of carbonyl (C=O) groups is 1. The van der Waals surface area contributed by atoms with Crippen LogP contribution in [0.3, 0.4) is 0 Å². The Morgan fingerprint density at radius 2 is 2.08 bits per heavy atom. The summed E-state index contributed by atoms with van der Waals surface area (Å²) in [6.07, 6.45) is 5.31. The fourth-order valence-corrected chi connectivity index (χ4v) is 5.63. The molecule has 0 aromatic heterocycles. The molecule has 5 atom stereocenters. The van der Waals surface area contributed by atoms with Gasteiger partial charge in [0.1, 0.15) is 0 Å². The quantitative estimate of drug-likeness (QED) is 0.701. The van der Waals surface area contributed by atoms with E-state index in [1.807, 2.05) is 6.92 Å². The predicted octanol–water partition coefficient (Wildman–Crippen LogP) is 2.85. The second-order valence-electron chi connectivity index (χ2n) is 9.44. The van der Waals surface area contributed by atoms with E-state index in [2.05, 4.69) is 25.7 Å². The zero-order valence-corrected chi connectivity index (χ0v) is 17.0. The number of aliphatic hydroxyl groups excluding tert-OH is 1. The van der Waals surface area contributed by atoms with E-state index in [9.17, 15) is 9.90 Å². The molecule has 26 heavy (non-hydrogen) atoms. The summed E-state index contributed by atoms with van der Waals surface area (Å²) in [4.78, 5) is 14.1. The molecule has 3 aliphatic rings. The first-order chi connectivity index (χ1) is 12.3. The van der Waals surface area contributed by atoms with E-state index in [-0.39, 0.29) is 23.4 Å². The van der Waals surface area contributed by atoms with Crippen molar-refractivity contribution in [2.45, 2.75) is 72.0 Å². The molecule has 5 nitrogen and oxygen atoms in total. The minimum absolute atomic E-state index is 0.0536. The van der Waals surface area contributed by atoms with Gasteiger partial charge < -0.3 is 14.6 Å². The van der Waals surface area contributed by atoms with Crippen molar-refractivity contribution >= 4 is 5.97 Å². The molecule has 2 bridgehead atoms. The third-order valence-corrected chi connectivity index (χ3v) is 7.80. The number of piperidine rings is 1. The highest BCUT2D eigenvalue weighted by atomic mass is 16.5. The van der Waals surface area contributed by atoms with Gasteiger partial charge in [0, 0.05) is 13.1 Å². The van der Waals surface area contributed by atoms with Gasteiger partial charge in [-0.05, 0) is 62.3 Å². The molecule has 1 heterocycles. The van der Waals surface area contributed by atoms with Crippen LogP contribution in [0, 0.1) is 22.7 Å². The lowest BCUT2D eigenvalue weighted by molar-refractivity contribution is -0.150. The molecule has 0 radical (unpaired) electrons. The van der Waals surface area contributed by atoms with Crippen molar-refractivity contribution in [3.63, 3.8) is 0 Å². The molecule has 3 rings (SSSR count). The van der Waals surface area contributed by atoms with Gasteiger partial charge in [0.15, 0.2) is 0 Å². The van der Waals surface area contributed by atoms with Gasteiger partial charge in [0.05, 0.1) is 31.3 Å². The molecule has 5 heteroatoms. The largest absolute Gasteiger partial charge is 0.466 e. The van der Waals surface area contributed by atoms with Crippen LogP contribution in [0.4, 0.5) is 0 Å². The van der Waals surface area contributed by atoms with Gasteiger partial charge in [-0.3, -0.25) is 9.69 Å². The molecular formula is C21H37NO4. The number of ether oxygens (including phenoxy) is 2. The van der Waals surface area contributed by atoms with Crippen molar-refractivity contribution in [2.24, 2.45) is 22.7 Å². The molecule has 0 aromatic rings. The molecule has 1 aliphatic heterocycles. The molecular weight excluding hydrogens is 330 g/mol. The lowest BCUT2D eigenvalue weighted by Gasteiger charge is -2.39. The molecule has 1 N–H and O–H groups in total. The number of fused-ring (bicyclic) bond motifs is 2. The second-order valence-corrected chi connectivity index (χ2v) is 9.44. The summed E-state index contributed by atoms with van der Waals surface area (Å²) >= 11 is 0. The van der Waals surface area contributed by atoms with Gasteiger partial charge in [0.2, 0.25) is 0 Å². The Kier molecular flexibility index (Phi) is 6.00. The summed E-state index contributed by atoms with van der Waals surface area (Å²) in [6.45, 7) is 12.0. The first-order valence-electron chi connectivity index (χ1n) is 10.5. The van der Waals surface area contributed by atoms with Crippen LogP contribution in [0.15, 0.2) is 0 Å². The smallest absolute Gasteiger partial charge is 0.310 e. The van der Waals surface area contributed by atoms with E-state index < -0.39 is 6.10 Å². The van der Waals surface area contributed by atoms with Crippen LogP contribution in [0.25, 0.3) is 0 Å². The SMILES string of the molecule is CCOC(=O)[C@@H]1CCCN(C[C@@H](O)CO[C@H]2C[C@H]3CC[C@@]2(C)C3(C)C)C1. The summed E-state index contributed by atoms with van der Waals surface area (Å²) in [5.41, 5.74) is 0.569. The molecule has 3 fully saturated rings. The number of hydrogen-bond acceptors (Lipinski definition) is 5. The van der Waals surface area contributed by atoms with Crippen LogP contribution >= 0.6 is 0 Å².